The summed E-state index contributed by atoms with van der Waals surface area (Å²) >= 11 is 1.33. The second-order valence-electron chi connectivity index (χ2n) is 3.51. The number of anilines is 1. The van der Waals surface area contributed by atoms with E-state index in [-0.39, 0.29) is 5.91 Å². The zero-order valence-corrected chi connectivity index (χ0v) is 10.3. The fraction of sp³-hybridized carbons (Fsp3) is 0.167. The van der Waals surface area contributed by atoms with Gasteiger partial charge < -0.3 is 10.6 Å². The second-order valence-corrected chi connectivity index (χ2v) is 4.39. The third kappa shape index (κ3) is 2.89. The molecule has 0 atom stereocenters. The fourth-order valence-electron chi connectivity index (χ4n) is 1.50. The zero-order valence-electron chi connectivity index (χ0n) is 9.43. The number of amides is 1. The monoisotopic (exact) mass is 247 g/mol. The van der Waals surface area contributed by atoms with Gasteiger partial charge in [-0.3, -0.25) is 9.78 Å². The third-order valence-corrected chi connectivity index (χ3v) is 3.06. The summed E-state index contributed by atoms with van der Waals surface area (Å²) in [6.45, 7) is 0.721. The van der Waals surface area contributed by atoms with E-state index < -0.39 is 0 Å². The third-order valence-electron chi connectivity index (χ3n) is 2.29. The Morgan fingerprint density at radius 1 is 1.41 bits per heavy atom. The predicted molar refractivity (Wildman–Crippen MR) is 69.3 cm³/mol. The number of thiazole rings is 1. The molecule has 1 heterocycles. The van der Waals surface area contributed by atoms with Gasteiger partial charge in [-0.2, -0.15) is 0 Å². The lowest BCUT2D eigenvalue weighted by atomic mass is 10.1. The number of rotatable bonds is 4. The Morgan fingerprint density at radius 2 is 2.24 bits per heavy atom. The fourth-order valence-corrected chi connectivity index (χ4v) is 2.01. The highest BCUT2D eigenvalue weighted by Gasteiger charge is 2.09. The molecular formula is C12H13N3OS. The summed E-state index contributed by atoms with van der Waals surface area (Å²) in [6, 6.07) is 7.74. The van der Waals surface area contributed by atoms with Crippen LogP contribution in [-0.2, 0) is 6.54 Å². The zero-order chi connectivity index (χ0) is 12.1. The minimum Gasteiger partial charge on any atom is -0.321 e. The Labute approximate surface area is 104 Å². The van der Waals surface area contributed by atoms with Gasteiger partial charge >= 0.3 is 0 Å². The summed E-state index contributed by atoms with van der Waals surface area (Å²) in [4.78, 5) is 16.4. The van der Waals surface area contributed by atoms with Crippen molar-refractivity contribution in [1.82, 2.24) is 10.3 Å². The van der Waals surface area contributed by atoms with Crippen molar-refractivity contribution in [2.75, 3.05) is 12.4 Å². The van der Waals surface area contributed by atoms with Crippen molar-refractivity contribution in [3.8, 4) is 0 Å². The standard InChI is InChI=1S/C12H13N3OS/c1-13-6-9-4-2-3-5-10(9)15-12(16)11-7-14-8-17-11/h2-5,7-8,13H,6H2,1H3,(H,15,16). The lowest BCUT2D eigenvalue weighted by molar-refractivity contribution is 0.103. The molecular weight excluding hydrogens is 234 g/mol. The first kappa shape index (κ1) is 11.8. The summed E-state index contributed by atoms with van der Waals surface area (Å²) in [7, 11) is 1.88. The van der Waals surface area contributed by atoms with E-state index >= 15 is 0 Å². The lowest BCUT2D eigenvalue weighted by Gasteiger charge is -2.09. The second kappa shape index (κ2) is 5.56. The Bertz CT molecular complexity index is 496. The van der Waals surface area contributed by atoms with Gasteiger partial charge in [0.2, 0.25) is 0 Å². The van der Waals surface area contributed by atoms with Crippen molar-refractivity contribution in [3.63, 3.8) is 0 Å². The molecule has 5 heteroatoms. The molecule has 1 aromatic carbocycles. The van der Waals surface area contributed by atoms with Crippen molar-refractivity contribution in [1.29, 1.82) is 0 Å². The Balaban J connectivity index is 2.15. The summed E-state index contributed by atoms with van der Waals surface area (Å²) < 4.78 is 0. The molecule has 0 spiro atoms. The van der Waals surface area contributed by atoms with Crippen molar-refractivity contribution in [2.45, 2.75) is 6.54 Å². The molecule has 0 radical (unpaired) electrons. The van der Waals surface area contributed by atoms with Gasteiger partial charge in [-0.15, -0.1) is 11.3 Å². The van der Waals surface area contributed by atoms with Crippen LogP contribution in [-0.4, -0.2) is 17.9 Å². The highest BCUT2D eigenvalue weighted by Crippen LogP contribution is 2.16. The molecule has 0 unspecified atom stereocenters. The van der Waals surface area contributed by atoms with Crippen LogP contribution in [0.15, 0.2) is 36.0 Å². The Kier molecular flexibility index (Phi) is 3.85. The molecule has 1 amide bonds. The maximum Gasteiger partial charge on any atom is 0.267 e. The van der Waals surface area contributed by atoms with Gasteiger partial charge in [0.05, 0.1) is 11.7 Å². The number of carbonyl (C=O) groups is 1. The highest BCUT2D eigenvalue weighted by molar-refractivity contribution is 7.11. The average Bonchev–Trinajstić information content (AvgIpc) is 2.85. The van der Waals surface area contributed by atoms with E-state index in [0.717, 1.165) is 17.8 Å². The van der Waals surface area contributed by atoms with Gasteiger partial charge in [-0.1, -0.05) is 18.2 Å². The molecule has 0 saturated heterocycles. The molecule has 2 aromatic rings. The molecule has 88 valence electrons. The quantitative estimate of drug-likeness (QED) is 0.870. The molecule has 0 aliphatic carbocycles. The first-order valence-electron chi connectivity index (χ1n) is 5.23. The molecule has 4 nitrogen and oxygen atoms in total. The lowest BCUT2D eigenvalue weighted by Crippen LogP contribution is -2.14. The SMILES string of the molecule is CNCc1ccccc1NC(=O)c1cncs1. The maximum absolute atomic E-state index is 11.9. The number of hydrogen-bond donors (Lipinski definition) is 2. The summed E-state index contributed by atoms with van der Waals surface area (Å²) in [6.07, 6.45) is 1.57. The maximum atomic E-state index is 11.9. The van der Waals surface area contributed by atoms with E-state index in [2.05, 4.69) is 15.6 Å². The van der Waals surface area contributed by atoms with Crippen LogP contribution in [0.5, 0.6) is 0 Å². The van der Waals surface area contributed by atoms with Crippen molar-refractivity contribution in [3.05, 3.63) is 46.4 Å². The van der Waals surface area contributed by atoms with Crippen LogP contribution in [0.3, 0.4) is 0 Å². The number of nitrogens with one attached hydrogen (secondary N) is 2. The van der Waals surface area contributed by atoms with Crippen LogP contribution in [0, 0.1) is 0 Å². The highest BCUT2D eigenvalue weighted by atomic mass is 32.1. The molecule has 0 aliphatic rings. The number of carbonyl (C=O) groups excluding carboxylic acids is 1. The first-order chi connectivity index (χ1) is 8.31. The van der Waals surface area contributed by atoms with E-state index in [1.54, 1.807) is 11.7 Å². The smallest absolute Gasteiger partial charge is 0.267 e. The summed E-state index contributed by atoms with van der Waals surface area (Å²) in [5.41, 5.74) is 3.54. The first-order valence-corrected chi connectivity index (χ1v) is 6.11. The van der Waals surface area contributed by atoms with Gasteiger partial charge in [0, 0.05) is 12.2 Å². The van der Waals surface area contributed by atoms with E-state index in [4.69, 9.17) is 0 Å². The van der Waals surface area contributed by atoms with Crippen LogP contribution in [0.1, 0.15) is 15.2 Å². The predicted octanol–water partition coefficient (Wildman–Crippen LogP) is 2.11. The van der Waals surface area contributed by atoms with Crippen LogP contribution < -0.4 is 10.6 Å². The van der Waals surface area contributed by atoms with Gasteiger partial charge in [0.25, 0.3) is 5.91 Å². The van der Waals surface area contributed by atoms with Crippen LogP contribution >= 0.6 is 11.3 Å². The largest absolute Gasteiger partial charge is 0.321 e. The van der Waals surface area contributed by atoms with Crippen LogP contribution in [0.25, 0.3) is 0 Å². The molecule has 1 aromatic heterocycles. The number of para-hydroxylation sites is 1. The number of nitrogens with zero attached hydrogens (tertiary/aromatic N) is 1. The van der Waals surface area contributed by atoms with Crippen LogP contribution in [0.2, 0.25) is 0 Å². The molecule has 0 fully saturated rings. The summed E-state index contributed by atoms with van der Waals surface area (Å²) in [5, 5.41) is 5.96. The number of aromatic nitrogens is 1. The van der Waals surface area contributed by atoms with Crippen LogP contribution in [0.4, 0.5) is 5.69 Å². The van der Waals surface area contributed by atoms with E-state index in [1.807, 2.05) is 31.3 Å². The van der Waals surface area contributed by atoms with E-state index in [1.165, 1.54) is 11.3 Å². The van der Waals surface area contributed by atoms with Crippen molar-refractivity contribution < 1.29 is 4.79 Å². The van der Waals surface area contributed by atoms with Gasteiger partial charge in [0.1, 0.15) is 4.88 Å². The Hall–Kier alpha value is -1.72. The minimum atomic E-state index is -0.115. The summed E-state index contributed by atoms with van der Waals surface area (Å²) in [5.74, 6) is -0.115. The van der Waals surface area contributed by atoms with Gasteiger partial charge in [-0.05, 0) is 18.7 Å². The number of hydrogen-bond acceptors (Lipinski definition) is 4. The average molecular weight is 247 g/mol. The normalized spacial score (nSPS) is 10.2. The number of benzene rings is 1. The Morgan fingerprint density at radius 3 is 2.94 bits per heavy atom. The van der Waals surface area contributed by atoms with Gasteiger partial charge in [0.15, 0.2) is 0 Å². The molecule has 2 N–H and O–H groups in total. The van der Waals surface area contributed by atoms with E-state index in [0.29, 0.717) is 4.88 Å². The molecule has 0 bridgehead atoms. The molecule has 2 rings (SSSR count). The van der Waals surface area contributed by atoms with Crippen molar-refractivity contribution in [2.24, 2.45) is 0 Å². The minimum absolute atomic E-state index is 0.115. The molecule has 0 aliphatic heterocycles. The van der Waals surface area contributed by atoms with E-state index in [9.17, 15) is 4.79 Å². The van der Waals surface area contributed by atoms with Gasteiger partial charge in [-0.25, -0.2) is 0 Å². The van der Waals surface area contributed by atoms with Crippen molar-refractivity contribution >= 4 is 22.9 Å². The molecule has 0 saturated carbocycles. The molecule has 17 heavy (non-hydrogen) atoms. The topological polar surface area (TPSA) is 54.0 Å².